The zero-order chi connectivity index (χ0) is 13.4. The van der Waals surface area contributed by atoms with Crippen molar-refractivity contribution in [3.8, 4) is 11.3 Å². The van der Waals surface area contributed by atoms with Crippen molar-refractivity contribution in [3.05, 3.63) is 54.4 Å². The number of benzene rings is 1. The summed E-state index contributed by atoms with van der Waals surface area (Å²) in [5.41, 5.74) is 4.61. The molecule has 0 spiro atoms. The molecule has 0 radical (unpaired) electrons. The van der Waals surface area contributed by atoms with Crippen LogP contribution in [0.25, 0.3) is 22.2 Å². The van der Waals surface area contributed by atoms with E-state index in [1.807, 2.05) is 12.3 Å². The first-order valence-electron chi connectivity index (χ1n) is 7.18. The first-order valence-corrected chi connectivity index (χ1v) is 7.18. The molecule has 20 heavy (non-hydrogen) atoms. The van der Waals surface area contributed by atoms with Gasteiger partial charge in [0.1, 0.15) is 0 Å². The second kappa shape index (κ2) is 4.76. The average Bonchev–Trinajstić information content (AvgIpc) is 3.16. The van der Waals surface area contributed by atoms with Gasteiger partial charge in [0.05, 0.1) is 11.2 Å². The fourth-order valence-electron chi connectivity index (χ4n) is 3.03. The monoisotopic (exact) mass is 263 g/mol. The molecular weight excluding hydrogens is 246 g/mol. The second-order valence-electron chi connectivity index (χ2n) is 5.36. The van der Waals surface area contributed by atoms with Gasteiger partial charge in [-0.2, -0.15) is 0 Å². The lowest BCUT2D eigenvalue weighted by Gasteiger charge is -2.06. The van der Waals surface area contributed by atoms with Crippen LogP contribution in [0.2, 0.25) is 0 Å². The van der Waals surface area contributed by atoms with Crippen LogP contribution in [0.3, 0.4) is 0 Å². The van der Waals surface area contributed by atoms with Gasteiger partial charge in [-0.15, -0.1) is 0 Å². The van der Waals surface area contributed by atoms with Gasteiger partial charge in [-0.1, -0.05) is 30.3 Å². The van der Waals surface area contributed by atoms with Gasteiger partial charge in [0, 0.05) is 28.9 Å². The Morgan fingerprint density at radius 3 is 2.80 bits per heavy atom. The molecule has 1 unspecified atom stereocenters. The molecule has 1 aliphatic heterocycles. The van der Waals surface area contributed by atoms with Crippen LogP contribution in [0.1, 0.15) is 24.6 Å². The van der Waals surface area contributed by atoms with Crippen molar-refractivity contribution in [3.63, 3.8) is 0 Å². The van der Waals surface area contributed by atoms with E-state index in [0.717, 1.165) is 23.3 Å². The Hall–Kier alpha value is -2.13. The van der Waals surface area contributed by atoms with E-state index in [9.17, 15) is 0 Å². The summed E-state index contributed by atoms with van der Waals surface area (Å²) in [5, 5.41) is 4.78. The van der Waals surface area contributed by atoms with Gasteiger partial charge in [-0.25, -0.2) is 0 Å². The Morgan fingerprint density at radius 2 is 2.00 bits per heavy atom. The van der Waals surface area contributed by atoms with Crippen molar-refractivity contribution in [2.75, 3.05) is 6.54 Å². The lowest BCUT2D eigenvalue weighted by atomic mass is 10.1. The first kappa shape index (κ1) is 11.7. The van der Waals surface area contributed by atoms with Crippen LogP contribution in [-0.4, -0.2) is 16.5 Å². The summed E-state index contributed by atoms with van der Waals surface area (Å²) < 4.78 is 0. The zero-order valence-electron chi connectivity index (χ0n) is 11.3. The molecule has 4 rings (SSSR count). The smallest absolute Gasteiger partial charge is 0.0942 e. The third-order valence-electron chi connectivity index (χ3n) is 4.05. The summed E-state index contributed by atoms with van der Waals surface area (Å²) in [4.78, 5) is 8.15. The summed E-state index contributed by atoms with van der Waals surface area (Å²) in [6, 6.07) is 15.2. The molecule has 3 nitrogen and oxygen atoms in total. The Balaban J connectivity index is 1.85. The molecular formula is C17H17N3. The van der Waals surface area contributed by atoms with Crippen LogP contribution < -0.4 is 5.32 Å². The Morgan fingerprint density at radius 1 is 1.10 bits per heavy atom. The highest BCUT2D eigenvalue weighted by Gasteiger charge is 2.19. The predicted molar refractivity (Wildman–Crippen MR) is 81.5 cm³/mol. The molecule has 3 heterocycles. The van der Waals surface area contributed by atoms with Crippen molar-refractivity contribution < 1.29 is 0 Å². The van der Waals surface area contributed by atoms with Crippen LogP contribution in [0.4, 0.5) is 0 Å². The number of hydrogen-bond donors (Lipinski definition) is 2. The molecule has 1 fully saturated rings. The third-order valence-corrected chi connectivity index (χ3v) is 4.05. The van der Waals surface area contributed by atoms with Gasteiger partial charge < -0.3 is 10.3 Å². The van der Waals surface area contributed by atoms with Crippen molar-refractivity contribution in [2.24, 2.45) is 0 Å². The van der Waals surface area contributed by atoms with Crippen LogP contribution in [-0.2, 0) is 0 Å². The Labute approximate surface area is 118 Å². The minimum Gasteiger partial charge on any atom is -0.355 e. The summed E-state index contributed by atoms with van der Waals surface area (Å²) in [5.74, 6) is 0. The molecule has 2 N–H and O–H groups in total. The highest BCUT2D eigenvalue weighted by Crippen LogP contribution is 2.30. The molecule has 1 saturated heterocycles. The van der Waals surface area contributed by atoms with E-state index in [-0.39, 0.29) is 0 Å². The lowest BCUT2D eigenvalue weighted by molar-refractivity contribution is 0.633. The summed E-state index contributed by atoms with van der Waals surface area (Å²) in [6.07, 6.45) is 4.36. The summed E-state index contributed by atoms with van der Waals surface area (Å²) >= 11 is 0. The van der Waals surface area contributed by atoms with Crippen molar-refractivity contribution in [1.82, 2.24) is 15.3 Å². The van der Waals surface area contributed by atoms with Gasteiger partial charge in [0.2, 0.25) is 0 Å². The van der Waals surface area contributed by atoms with Gasteiger partial charge in [0.25, 0.3) is 0 Å². The van der Waals surface area contributed by atoms with Crippen molar-refractivity contribution in [1.29, 1.82) is 0 Å². The minimum atomic E-state index is 0.464. The lowest BCUT2D eigenvalue weighted by Crippen LogP contribution is -2.12. The number of fused-ring (bicyclic) bond motifs is 1. The molecule has 3 heteroatoms. The van der Waals surface area contributed by atoms with Crippen LogP contribution in [0, 0.1) is 0 Å². The number of H-pyrrole nitrogens is 1. The fourth-order valence-corrected chi connectivity index (χ4v) is 3.03. The van der Waals surface area contributed by atoms with Gasteiger partial charge in [0.15, 0.2) is 0 Å². The first-order chi connectivity index (χ1) is 9.92. The number of pyridine rings is 1. The number of aromatic nitrogens is 2. The molecule has 3 aromatic rings. The third kappa shape index (κ3) is 1.91. The number of nitrogens with zero attached hydrogens (tertiary/aromatic N) is 1. The molecule has 0 bridgehead atoms. The van der Waals surface area contributed by atoms with Crippen LogP contribution in [0.5, 0.6) is 0 Å². The highest BCUT2D eigenvalue weighted by molar-refractivity contribution is 5.92. The van der Waals surface area contributed by atoms with Crippen molar-refractivity contribution in [2.45, 2.75) is 18.9 Å². The molecule has 1 aliphatic rings. The number of rotatable bonds is 2. The van der Waals surface area contributed by atoms with E-state index in [1.54, 1.807) is 0 Å². The molecule has 2 aromatic heterocycles. The number of hydrogen-bond acceptors (Lipinski definition) is 2. The van der Waals surface area contributed by atoms with Gasteiger partial charge in [-0.05, 0) is 31.5 Å². The van der Waals surface area contributed by atoms with Gasteiger partial charge in [-0.3, -0.25) is 4.98 Å². The largest absolute Gasteiger partial charge is 0.355 e. The van der Waals surface area contributed by atoms with E-state index in [4.69, 9.17) is 0 Å². The maximum Gasteiger partial charge on any atom is 0.0942 e. The molecule has 0 amide bonds. The van der Waals surface area contributed by atoms with E-state index in [2.05, 4.69) is 51.7 Å². The minimum absolute atomic E-state index is 0.464. The van der Waals surface area contributed by atoms with E-state index in [0.29, 0.717) is 6.04 Å². The summed E-state index contributed by atoms with van der Waals surface area (Å²) in [7, 11) is 0. The predicted octanol–water partition coefficient (Wildman–Crippen LogP) is 3.65. The Bertz CT molecular complexity index is 724. The summed E-state index contributed by atoms with van der Waals surface area (Å²) in [6.45, 7) is 1.11. The maximum absolute atomic E-state index is 4.57. The highest BCUT2D eigenvalue weighted by atomic mass is 15.0. The Kier molecular flexibility index (Phi) is 2.78. The van der Waals surface area contributed by atoms with E-state index >= 15 is 0 Å². The number of nitrogens with one attached hydrogen (secondary N) is 2. The maximum atomic E-state index is 4.57. The normalized spacial score (nSPS) is 18.7. The van der Waals surface area contributed by atoms with E-state index in [1.165, 1.54) is 23.9 Å². The average molecular weight is 263 g/mol. The van der Waals surface area contributed by atoms with Gasteiger partial charge >= 0.3 is 0 Å². The fraction of sp³-hybridized carbons (Fsp3) is 0.235. The van der Waals surface area contributed by atoms with Crippen LogP contribution in [0.15, 0.2) is 48.7 Å². The van der Waals surface area contributed by atoms with Crippen molar-refractivity contribution >= 4 is 10.9 Å². The molecule has 0 aliphatic carbocycles. The molecule has 0 saturated carbocycles. The number of aromatic amines is 1. The molecule has 1 atom stereocenters. The van der Waals surface area contributed by atoms with Crippen LogP contribution >= 0.6 is 0 Å². The zero-order valence-corrected chi connectivity index (χ0v) is 11.3. The molecule has 1 aromatic carbocycles. The standard InChI is InChI=1S/C17H17N3/c1-2-5-12(6-3-1)16-17-13(8-10-19-16)11-15(20-17)14-7-4-9-18-14/h1-3,5-6,8,10-11,14,18,20H,4,7,9H2. The van der Waals surface area contributed by atoms with E-state index < -0.39 is 0 Å². The second-order valence-corrected chi connectivity index (χ2v) is 5.36. The molecule has 100 valence electrons. The topological polar surface area (TPSA) is 40.7 Å². The SMILES string of the molecule is c1ccc(-c2nccc3cc(C4CCCN4)[nH]c23)cc1. The quantitative estimate of drug-likeness (QED) is 0.741.